The number of aryl methyl sites for hydroxylation is 1. The van der Waals surface area contributed by atoms with E-state index in [1.165, 1.54) is 11.9 Å². The molecule has 9 heteroatoms. The van der Waals surface area contributed by atoms with E-state index in [9.17, 15) is 18.0 Å². The van der Waals surface area contributed by atoms with E-state index in [0.717, 1.165) is 21.7 Å². The minimum absolute atomic E-state index is 0.0782. The lowest BCUT2D eigenvalue weighted by molar-refractivity contribution is -0.140. The van der Waals surface area contributed by atoms with Crippen LogP contribution in [0.1, 0.15) is 30.0 Å². The van der Waals surface area contributed by atoms with Crippen molar-refractivity contribution in [1.29, 1.82) is 0 Å². The van der Waals surface area contributed by atoms with E-state index >= 15 is 0 Å². The molecule has 0 spiro atoms. The van der Waals surface area contributed by atoms with Crippen LogP contribution in [0.5, 0.6) is 0 Å². The summed E-state index contributed by atoms with van der Waals surface area (Å²) >= 11 is 6.30. The molecule has 0 aliphatic heterocycles. The lowest BCUT2D eigenvalue weighted by Gasteiger charge is -2.33. The fourth-order valence-electron chi connectivity index (χ4n) is 3.50. The van der Waals surface area contributed by atoms with Crippen LogP contribution in [0.25, 0.3) is 0 Å². The zero-order chi connectivity index (χ0) is 24.1. The predicted molar refractivity (Wildman–Crippen MR) is 128 cm³/mol. The topological polar surface area (TPSA) is 86.8 Å². The van der Waals surface area contributed by atoms with Crippen molar-refractivity contribution < 1.29 is 18.0 Å². The second-order valence-electron chi connectivity index (χ2n) is 7.64. The molecule has 2 aromatic rings. The summed E-state index contributed by atoms with van der Waals surface area (Å²) in [6.07, 6.45) is 1.43. The largest absolute Gasteiger partial charge is 0.357 e. The summed E-state index contributed by atoms with van der Waals surface area (Å²) in [5, 5.41) is 3.05. The molecule has 0 aromatic heterocycles. The number of hydrogen-bond acceptors (Lipinski definition) is 4. The summed E-state index contributed by atoms with van der Waals surface area (Å²) in [4.78, 5) is 27.4. The number of carbonyl (C=O) groups is 2. The van der Waals surface area contributed by atoms with Crippen LogP contribution in [0.4, 0.5) is 5.69 Å². The molecule has 0 fully saturated rings. The molecule has 2 amide bonds. The van der Waals surface area contributed by atoms with Crippen molar-refractivity contribution >= 4 is 39.1 Å². The van der Waals surface area contributed by atoms with Crippen molar-refractivity contribution in [3.8, 4) is 0 Å². The van der Waals surface area contributed by atoms with Crippen LogP contribution in [0.15, 0.2) is 42.5 Å². The average Bonchev–Trinajstić information content (AvgIpc) is 2.74. The van der Waals surface area contributed by atoms with Gasteiger partial charge in [-0.2, -0.15) is 0 Å². The molecule has 0 aliphatic rings. The summed E-state index contributed by atoms with van der Waals surface area (Å²) in [5.41, 5.74) is 2.78. The summed E-state index contributed by atoms with van der Waals surface area (Å²) in [6.45, 7) is 5.14. The number of nitrogens with one attached hydrogen (secondary N) is 1. The van der Waals surface area contributed by atoms with Gasteiger partial charge in [0.1, 0.15) is 12.6 Å². The molecule has 0 saturated heterocycles. The molecule has 0 heterocycles. The van der Waals surface area contributed by atoms with Crippen molar-refractivity contribution in [3.05, 3.63) is 64.2 Å². The Kier molecular flexibility index (Phi) is 8.69. The van der Waals surface area contributed by atoms with E-state index in [1.807, 2.05) is 19.9 Å². The fourth-order valence-corrected chi connectivity index (χ4v) is 4.59. The maximum atomic E-state index is 13.5. The highest BCUT2D eigenvalue weighted by atomic mass is 35.5. The Morgan fingerprint density at radius 2 is 1.75 bits per heavy atom. The molecule has 0 unspecified atom stereocenters. The van der Waals surface area contributed by atoms with Gasteiger partial charge in [0, 0.05) is 18.6 Å². The number of hydrogen-bond donors (Lipinski definition) is 1. The average molecular weight is 480 g/mol. The van der Waals surface area contributed by atoms with E-state index in [1.54, 1.807) is 43.3 Å². The molecule has 1 N–H and O–H groups in total. The second-order valence-corrected chi connectivity index (χ2v) is 9.95. The maximum absolute atomic E-state index is 13.5. The standard InChI is InChI=1S/C23H30ClN3O4S/c1-6-20(23(29)25-4)26(14-18-11-7-8-12-19(18)24)22(28)15-27(32(5,30)31)21-13-9-10-16(2)17(21)3/h7-13,20H,6,14-15H2,1-5H3,(H,25,29)/t20-/m1/s1. The van der Waals surface area contributed by atoms with Crippen LogP contribution < -0.4 is 9.62 Å². The number of anilines is 1. The minimum atomic E-state index is -3.77. The van der Waals surface area contributed by atoms with Gasteiger partial charge in [0.2, 0.25) is 21.8 Å². The van der Waals surface area contributed by atoms with Gasteiger partial charge < -0.3 is 10.2 Å². The number of likely N-dealkylation sites (N-methyl/N-ethyl adjacent to an activating group) is 1. The lowest BCUT2D eigenvalue weighted by atomic mass is 10.1. The van der Waals surface area contributed by atoms with Crippen LogP contribution in [0, 0.1) is 13.8 Å². The molecule has 7 nitrogen and oxygen atoms in total. The number of nitrogens with zero attached hydrogens (tertiary/aromatic N) is 2. The summed E-state index contributed by atoms with van der Waals surface area (Å²) < 4.78 is 26.4. The van der Waals surface area contributed by atoms with Gasteiger partial charge >= 0.3 is 0 Å². The van der Waals surface area contributed by atoms with Crippen molar-refractivity contribution in [3.63, 3.8) is 0 Å². The zero-order valence-electron chi connectivity index (χ0n) is 19.1. The van der Waals surface area contributed by atoms with E-state index < -0.39 is 28.5 Å². The molecule has 0 radical (unpaired) electrons. The number of amides is 2. The molecule has 0 saturated carbocycles. The van der Waals surface area contributed by atoms with Gasteiger partial charge in [-0.05, 0) is 49.1 Å². The molecule has 1 atom stereocenters. The minimum Gasteiger partial charge on any atom is -0.357 e. The molecule has 2 rings (SSSR count). The first-order chi connectivity index (χ1) is 15.0. The summed E-state index contributed by atoms with van der Waals surface area (Å²) in [5.74, 6) is -0.822. The predicted octanol–water partition coefficient (Wildman–Crippen LogP) is 3.28. The fraction of sp³-hybridized carbons (Fsp3) is 0.391. The number of benzene rings is 2. The third-order valence-electron chi connectivity index (χ3n) is 5.45. The Morgan fingerprint density at radius 1 is 1.09 bits per heavy atom. The molecule has 0 bridgehead atoms. The highest BCUT2D eigenvalue weighted by Gasteiger charge is 2.32. The van der Waals surface area contributed by atoms with Crippen molar-refractivity contribution in [2.75, 3.05) is 24.2 Å². The van der Waals surface area contributed by atoms with Crippen molar-refractivity contribution in [1.82, 2.24) is 10.2 Å². The van der Waals surface area contributed by atoms with Crippen molar-refractivity contribution in [2.24, 2.45) is 0 Å². The highest BCUT2D eigenvalue weighted by molar-refractivity contribution is 7.92. The first kappa shape index (κ1) is 25.7. The van der Waals surface area contributed by atoms with Gasteiger partial charge in [0.15, 0.2) is 0 Å². The third kappa shape index (κ3) is 6.01. The van der Waals surface area contributed by atoms with Crippen LogP contribution >= 0.6 is 11.6 Å². The number of rotatable bonds is 9. The van der Waals surface area contributed by atoms with Gasteiger partial charge in [-0.1, -0.05) is 48.9 Å². The van der Waals surface area contributed by atoms with Gasteiger partial charge in [0.25, 0.3) is 0 Å². The van der Waals surface area contributed by atoms with Crippen LogP contribution in [0.2, 0.25) is 5.02 Å². The SMILES string of the molecule is CC[C@H](C(=O)NC)N(Cc1ccccc1Cl)C(=O)CN(c1cccc(C)c1C)S(C)(=O)=O. The molecule has 0 aliphatic carbocycles. The first-order valence-electron chi connectivity index (χ1n) is 10.3. The second kappa shape index (κ2) is 10.8. The van der Waals surface area contributed by atoms with E-state index in [4.69, 9.17) is 11.6 Å². The number of sulfonamides is 1. The number of halogens is 1. The molecule has 32 heavy (non-hydrogen) atoms. The molecule has 174 valence electrons. The Morgan fingerprint density at radius 3 is 2.31 bits per heavy atom. The van der Waals surface area contributed by atoms with Crippen LogP contribution in [-0.4, -0.2) is 51.0 Å². The smallest absolute Gasteiger partial charge is 0.244 e. The Bertz CT molecular complexity index is 1090. The maximum Gasteiger partial charge on any atom is 0.244 e. The van der Waals surface area contributed by atoms with Gasteiger partial charge in [-0.25, -0.2) is 8.42 Å². The third-order valence-corrected chi connectivity index (χ3v) is 6.95. The molecular weight excluding hydrogens is 450 g/mol. The monoisotopic (exact) mass is 479 g/mol. The highest BCUT2D eigenvalue weighted by Crippen LogP contribution is 2.26. The van der Waals surface area contributed by atoms with Gasteiger partial charge in [0.05, 0.1) is 11.9 Å². The first-order valence-corrected chi connectivity index (χ1v) is 12.5. The van der Waals surface area contributed by atoms with Crippen LogP contribution in [-0.2, 0) is 26.2 Å². The van der Waals surface area contributed by atoms with Crippen molar-refractivity contribution in [2.45, 2.75) is 39.8 Å². The number of carbonyl (C=O) groups excluding carboxylic acids is 2. The van der Waals surface area contributed by atoms with E-state index in [2.05, 4.69) is 5.32 Å². The Hall–Kier alpha value is -2.58. The van der Waals surface area contributed by atoms with Gasteiger partial charge in [-0.15, -0.1) is 0 Å². The lowest BCUT2D eigenvalue weighted by Crippen LogP contribution is -2.51. The Labute approximate surface area is 195 Å². The van der Waals surface area contributed by atoms with Gasteiger partial charge in [-0.3, -0.25) is 13.9 Å². The van der Waals surface area contributed by atoms with E-state index in [0.29, 0.717) is 22.7 Å². The zero-order valence-corrected chi connectivity index (χ0v) is 20.6. The van der Waals surface area contributed by atoms with Crippen LogP contribution in [0.3, 0.4) is 0 Å². The molecule has 2 aromatic carbocycles. The Balaban J connectivity index is 2.49. The summed E-state index contributed by atoms with van der Waals surface area (Å²) in [7, 11) is -2.26. The summed E-state index contributed by atoms with van der Waals surface area (Å²) in [6, 6.07) is 11.6. The van der Waals surface area contributed by atoms with E-state index in [-0.39, 0.29) is 12.5 Å². The quantitative estimate of drug-likeness (QED) is 0.598. The molecular formula is C23H30ClN3O4S. The normalized spacial score (nSPS) is 12.2.